The number of rotatable bonds is 3. The lowest BCUT2D eigenvalue weighted by molar-refractivity contribution is 0.103. The highest BCUT2D eigenvalue weighted by atomic mass is 16.3. The van der Waals surface area contributed by atoms with Crippen LogP contribution in [0.4, 0.5) is 5.82 Å². The van der Waals surface area contributed by atoms with E-state index in [9.17, 15) is 9.90 Å². The van der Waals surface area contributed by atoms with E-state index in [0.717, 1.165) is 22.3 Å². The van der Waals surface area contributed by atoms with Gasteiger partial charge < -0.3 is 15.8 Å². The molecule has 0 fully saturated rings. The molecule has 0 bridgehead atoms. The summed E-state index contributed by atoms with van der Waals surface area (Å²) in [5, 5.41) is 11.0. The van der Waals surface area contributed by atoms with Gasteiger partial charge in [0.15, 0.2) is 5.82 Å². The van der Waals surface area contributed by atoms with Crippen molar-refractivity contribution in [1.29, 1.82) is 0 Å². The normalized spacial score (nSPS) is 11.5. The predicted molar refractivity (Wildman–Crippen MR) is 126 cm³/mol. The van der Waals surface area contributed by atoms with Gasteiger partial charge in [0.05, 0.1) is 22.3 Å². The van der Waals surface area contributed by atoms with E-state index >= 15 is 0 Å². The van der Waals surface area contributed by atoms with E-state index in [1.165, 1.54) is 0 Å². The number of imidazole rings is 1. The molecule has 32 heavy (non-hydrogen) atoms. The number of aromatic nitrogens is 4. The molecule has 4 N–H and O–H groups in total. The van der Waals surface area contributed by atoms with Crippen molar-refractivity contribution in [3.8, 4) is 11.4 Å². The molecule has 0 aliphatic carbocycles. The van der Waals surface area contributed by atoms with Crippen LogP contribution in [0, 0.1) is 27.7 Å². The summed E-state index contributed by atoms with van der Waals surface area (Å²) in [5.41, 5.74) is 13.1. The minimum absolute atomic E-state index is 0.154. The number of nitrogen functional groups attached to an aromatic ring is 1. The van der Waals surface area contributed by atoms with Crippen LogP contribution < -0.4 is 5.73 Å². The number of carbonyl (C=O) groups excluding carboxylic acids is 1. The maximum Gasteiger partial charge on any atom is 0.232 e. The fourth-order valence-corrected chi connectivity index (χ4v) is 4.22. The first-order valence-electron chi connectivity index (χ1n) is 10.3. The van der Waals surface area contributed by atoms with Crippen molar-refractivity contribution in [3.05, 3.63) is 76.2 Å². The van der Waals surface area contributed by atoms with Crippen LogP contribution in [0.3, 0.4) is 0 Å². The van der Waals surface area contributed by atoms with Gasteiger partial charge in [0.25, 0.3) is 0 Å². The summed E-state index contributed by atoms with van der Waals surface area (Å²) in [6.45, 7) is 7.64. The summed E-state index contributed by atoms with van der Waals surface area (Å²) in [4.78, 5) is 26.0. The number of ketones is 1. The number of nitrogens with two attached hydrogens (primary N) is 1. The average molecular weight is 425 g/mol. The molecule has 5 rings (SSSR count). The van der Waals surface area contributed by atoms with Crippen molar-refractivity contribution in [2.24, 2.45) is 0 Å². The Morgan fingerprint density at radius 3 is 2.53 bits per heavy atom. The van der Waals surface area contributed by atoms with Crippen LogP contribution in [0.25, 0.3) is 27.8 Å². The Bertz CT molecular complexity index is 1530. The van der Waals surface area contributed by atoms with Crippen molar-refractivity contribution >= 4 is 33.7 Å². The number of phenolic OH excluding ortho intramolecular Hbond substituents is 1. The van der Waals surface area contributed by atoms with E-state index in [1.54, 1.807) is 10.6 Å². The number of pyridine rings is 1. The Hall–Kier alpha value is -4.13. The molecular weight excluding hydrogens is 402 g/mol. The quantitative estimate of drug-likeness (QED) is 0.364. The topological polar surface area (TPSA) is 110 Å². The van der Waals surface area contributed by atoms with E-state index < -0.39 is 0 Å². The third kappa shape index (κ3) is 2.78. The lowest BCUT2D eigenvalue weighted by Crippen LogP contribution is -2.10. The second kappa shape index (κ2) is 6.95. The first-order valence-corrected chi connectivity index (χ1v) is 10.3. The minimum Gasteiger partial charge on any atom is -0.508 e. The molecule has 3 heterocycles. The van der Waals surface area contributed by atoms with Gasteiger partial charge in [-0.2, -0.15) is 0 Å². The molecule has 7 heteroatoms. The monoisotopic (exact) mass is 425 g/mol. The van der Waals surface area contributed by atoms with Gasteiger partial charge in [-0.1, -0.05) is 18.2 Å². The molecule has 7 nitrogen and oxygen atoms in total. The lowest BCUT2D eigenvalue weighted by Gasteiger charge is -2.15. The number of phenols is 1. The maximum absolute atomic E-state index is 13.7. The summed E-state index contributed by atoms with van der Waals surface area (Å²) in [7, 11) is 0. The minimum atomic E-state index is -0.303. The summed E-state index contributed by atoms with van der Waals surface area (Å²) in [5.74, 6) is 0.336. The number of carbonyl (C=O) groups is 1. The molecular formula is C25H23N5O2. The standard InChI is InChI=1S/C25H23N5O2/c1-12-9-10-19(31)14(3)21(12)30-23(26)20(16-11-13(2)15(4)27-25(16)30)22(32)24-28-17-7-5-6-8-18(17)29-24/h5-11,31H,26H2,1-4H3,(H,28,29). The number of aryl methyl sites for hydroxylation is 3. The Morgan fingerprint density at radius 1 is 1.03 bits per heavy atom. The Labute approximate surface area is 184 Å². The third-order valence-electron chi connectivity index (χ3n) is 6.08. The summed E-state index contributed by atoms with van der Waals surface area (Å²) in [6, 6.07) is 12.9. The first-order chi connectivity index (χ1) is 15.3. The van der Waals surface area contributed by atoms with E-state index in [-0.39, 0.29) is 23.2 Å². The predicted octanol–water partition coefficient (Wildman–Crippen LogP) is 4.65. The number of para-hydroxylation sites is 2. The van der Waals surface area contributed by atoms with Crippen molar-refractivity contribution in [2.75, 3.05) is 5.73 Å². The number of nitrogens with one attached hydrogen (secondary N) is 1. The number of fused-ring (bicyclic) bond motifs is 2. The van der Waals surface area contributed by atoms with Gasteiger partial charge in [-0.25, -0.2) is 9.97 Å². The first kappa shape index (κ1) is 19.8. The number of hydrogen-bond donors (Lipinski definition) is 3. The molecule has 0 atom stereocenters. The zero-order valence-corrected chi connectivity index (χ0v) is 18.3. The highest BCUT2D eigenvalue weighted by molar-refractivity contribution is 6.19. The SMILES string of the molecule is Cc1cc2c(C(=O)c3nc4ccccc4[nH]3)c(N)n(-c3c(C)ccc(O)c3C)c2nc1C. The van der Waals surface area contributed by atoms with Crippen LogP contribution in [0.5, 0.6) is 5.75 Å². The van der Waals surface area contributed by atoms with Crippen LogP contribution in [0.1, 0.15) is 38.6 Å². The molecule has 2 aromatic carbocycles. The van der Waals surface area contributed by atoms with Crippen LogP contribution in [0.15, 0.2) is 42.5 Å². The Kier molecular flexibility index (Phi) is 4.30. The third-order valence-corrected chi connectivity index (χ3v) is 6.08. The molecule has 160 valence electrons. The van der Waals surface area contributed by atoms with E-state index in [1.807, 2.05) is 64.1 Å². The zero-order chi connectivity index (χ0) is 22.7. The van der Waals surface area contributed by atoms with E-state index in [0.29, 0.717) is 33.4 Å². The summed E-state index contributed by atoms with van der Waals surface area (Å²) in [6.07, 6.45) is 0. The second-order valence-corrected chi connectivity index (χ2v) is 8.16. The fourth-order valence-electron chi connectivity index (χ4n) is 4.22. The molecule has 0 aliphatic rings. The van der Waals surface area contributed by atoms with E-state index in [2.05, 4.69) is 9.97 Å². The molecule has 0 unspecified atom stereocenters. The van der Waals surface area contributed by atoms with Crippen LogP contribution in [-0.4, -0.2) is 30.4 Å². The molecule has 0 saturated heterocycles. The van der Waals surface area contributed by atoms with Gasteiger partial charge in [0, 0.05) is 16.6 Å². The maximum atomic E-state index is 13.7. The van der Waals surface area contributed by atoms with Gasteiger partial charge in [-0.05, 0) is 63.1 Å². The molecule has 0 radical (unpaired) electrons. The molecule has 0 saturated carbocycles. The Balaban J connectivity index is 1.85. The van der Waals surface area contributed by atoms with Crippen LogP contribution in [-0.2, 0) is 0 Å². The molecule has 5 aromatic rings. The van der Waals surface area contributed by atoms with Crippen molar-refractivity contribution < 1.29 is 9.90 Å². The largest absolute Gasteiger partial charge is 0.508 e. The molecule has 0 amide bonds. The highest BCUT2D eigenvalue weighted by Gasteiger charge is 2.27. The smallest absolute Gasteiger partial charge is 0.232 e. The van der Waals surface area contributed by atoms with Crippen LogP contribution >= 0.6 is 0 Å². The number of hydrogen-bond acceptors (Lipinski definition) is 5. The van der Waals surface area contributed by atoms with Crippen molar-refractivity contribution in [3.63, 3.8) is 0 Å². The van der Waals surface area contributed by atoms with Gasteiger partial charge >= 0.3 is 0 Å². The number of aromatic amines is 1. The van der Waals surface area contributed by atoms with Crippen molar-refractivity contribution in [1.82, 2.24) is 19.5 Å². The lowest BCUT2D eigenvalue weighted by atomic mass is 10.1. The van der Waals surface area contributed by atoms with Crippen LogP contribution in [0.2, 0.25) is 0 Å². The molecule has 0 aliphatic heterocycles. The summed E-state index contributed by atoms with van der Waals surface area (Å²) >= 11 is 0. The van der Waals surface area contributed by atoms with Gasteiger partial charge in [0.1, 0.15) is 17.2 Å². The molecule has 3 aromatic heterocycles. The van der Waals surface area contributed by atoms with E-state index in [4.69, 9.17) is 10.7 Å². The zero-order valence-electron chi connectivity index (χ0n) is 18.3. The number of aromatic hydroxyl groups is 1. The number of anilines is 1. The fraction of sp³-hybridized carbons (Fsp3) is 0.160. The summed E-state index contributed by atoms with van der Waals surface area (Å²) < 4.78 is 1.77. The van der Waals surface area contributed by atoms with Gasteiger partial charge in [-0.3, -0.25) is 9.36 Å². The van der Waals surface area contributed by atoms with Gasteiger partial charge in [-0.15, -0.1) is 0 Å². The number of nitrogens with zero attached hydrogens (tertiary/aromatic N) is 3. The number of H-pyrrole nitrogens is 1. The van der Waals surface area contributed by atoms with Crippen molar-refractivity contribution in [2.45, 2.75) is 27.7 Å². The highest BCUT2D eigenvalue weighted by Crippen LogP contribution is 2.37. The van der Waals surface area contributed by atoms with Gasteiger partial charge in [0.2, 0.25) is 5.78 Å². The average Bonchev–Trinajstić information content (AvgIpc) is 3.31. The molecule has 0 spiro atoms. The Morgan fingerprint density at radius 2 is 1.78 bits per heavy atom. The number of benzene rings is 2. The second-order valence-electron chi connectivity index (χ2n) is 8.16.